The van der Waals surface area contributed by atoms with E-state index in [0.717, 1.165) is 11.3 Å². The second kappa shape index (κ2) is 8.86. The van der Waals surface area contributed by atoms with Gasteiger partial charge in [0.15, 0.2) is 6.61 Å². The van der Waals surface area contributed by atoms with Gasteiger partial charge in [0.2, 0.25) is 0 Å². The summed E-state index contributed by atoms with van der Waals surface area (Å²) in [5.41, 5.74) is 3.05. The molecular weight excluding hydrogens is 421 g/mol. The first kappa shape index (κ1) is 20.5. The number of para-hydroxylation sites is 1. The van der Waals surface area contributed by atoms with Crippen molar-refractivity contribution in [3.63, 3.8) is 0 Å². The van der Waals surface area contributed by atoms with Gasteiger partial charge in [0.05, 0.1) is 28.6 Å². The molecule has 2 aromatic carbocycles. The Morgan fingerprint density at radius 3 is 2.57 bits per heavy atom. The summed E-state index contributed by atoms with van der Waals surface area (Å²) in [6.07, 6.45) is 0. The fourth-order valence-electron chi connectivity index (χ4n) is 2.72. The molecule has 28 heavy (non-hydrogen) atoms. The van der Waals surface area contributed by atoms with E-state index in [0.29, 0.717) is 38.7 Å². The van der Waals surface area contributed by atoms with Gasteiger partial charge in [-0.2, -0.15) is 5.10 Å². The van der Waals surface area contributed by atoms with Crippen LogP contribution in [0.3, 0.4) is 0 Å². The standard InChI is InChI=1S/C20H18Cl3N3O2/c1-12-20(24-19(27)11-28-18-6-4-3-5-16(18)22)13(2)26(25-12)10-14-7-8-15(21)9-17(14)23/h3-9H,10-11H2,1-2H3,(H,24,27). The quantitative estimate of drug-likeness (QED) is 0.551. The van der Waals surface area contributed by atoms with Crippen LogP contribution < -0.4 is 10.1 Å². The molecule has 0 aliphatic carbocycles. The van der Waals surface area contributed by atoms with Crippen molar-refractivity contribution in [1.29, 1.82) is 0 Å². The Kier molecular flexibility index (Phi) is 6.50. The van der Waals surface area contributed by atoms with Crippen molar-refractivity contribution in [3.8, 4) is 5.75 Å². The van der Waals surface area contributed by atoms with E-state index < -0.39 is 0 Å². The highest BCUT2D eigenvalue weighted by atomic mass is 35.5. The molecule has 0 bridgehead atoms. The van der Waals surface area contributed by atoms with E-state index >= 15 is 0 Å². The van der Waals surface area contributed by atoms with Gasteiger partial charge in [-0.3, -0.25) is 9.48 Å². The Labute approximate surface area is 178 Å². The Hall–Kier alpha value is -2.21. The number of rotatable bonds is 6. The smallest absolute Gasteiger partial charge is 0.262 e. The first-order chi connectivity index (χ1) is 13.3. The third-order valence-electron chi connectivity index (χ3n) is 4.18. The molecule has 146 valence electrons. The number of anilines is 1. The van der Waals surface area contributed by atoms with Gasteiger partial charge >= 0.3 is 0 Å². The number of hydrogen-bond donors (Lipinski definition) is 1. The summed E-state index contributed by atoms with van der Waals surface area (Å²) in [4.78, 5) is 12.3. The Morgan fingerprint density at radius 2 is 1.86 bits per heavy atom. The van der Waals surface area contributed by atoms with Gasteiger partial charge in [0.1, 0.15) is 5.75 Å². The molecule has 0 atom stereocenters. The van der Waals surface area contributed by atoms with Gasteiger partial charge in [0.25, 0.3) is 5.91 Å². The number of halogens is 3. The molecule has 1 heterocycles. The maximum absolute atomic E-state index is 12.3. The van der Waals surface area contributed by atoms with Crippen LogP contribution in [0.1, 0.15) is 17.0 Å². The van der Waals surface area contributed by atoms with Crippen LogP contribution in [0.15, 0.2) is 42.5 Å². The molecule has 0 spiro atoms. The van der Waals surface area contributed by atoms with Gasteiger partial charge in [-0.1, -0.05) is 53.0 Å². The van der Waals surface area contributed by atoms with Crippen molar-refractivity contribution in [2.75, 3.05) is 11.9 Å². The van der Waals surface area contributed by atoms with Gasteiger partial charge in [-0.15, -0.1) is 0 Å². The van der Waals surface area contributed by atoms with E-state index in [4.69, 9.17) is 39.5 Å². The number of hydrogen-bond acceptors (Lipinski definition) is 3. The van der Waals surface area contributed by atoms with Crippen LogP contribution in [0.2, 0.25) is 15.1 Å². The van der Waals surface area contributed by atoms with Gasteiger partial charge in [0, 0.05) is 10.0 Å². The second-order valence-corrected chi connectivity index (χ2v) is 7.46. The largest absolute Gasteiger partial charge is 0.482 e. The molecule has 0 aliphatic heterocycles. The van der Waals surface area contributed by atoms with Gasteiger partial charge in [-0.25, -0.2) is 0 Å². The summed E-state index contributed by atoms with van der Waals surface area (Å²) in [7, 11) is 0. The van der Waals surface area contributed by atoms with Crippen molar-refractivity contribution in [2.24, 2.45) is 0 Å². The fourth-order valence-corrected chi connectivity index (χ4v) is 3.38. The van der Waals surface area contributed by atoms with Crippen molar-refractivity contribution in [2.45, 2.75) is 20.4 Å². The molecule has 1 N–H and O–H groups in total. The molecule has 8 heteroatoms. The molecule has 3 aromatic rings. The van der Waals surface area contributed by atoms with Crippen LogP contribution in [0.4, 0.5) is 5.69 Å². The number of carbonyl (C=O) groups is 1. The highest BCUT2D eigenvalue weighted by Gasteiger charge is 2.16. The molecule has 1 aromatic heterocycles. The van der Waals surface area contributed by atoms with Gasteiger partial charge in [-0.05, 0) is 43.7 Å². The van der Waals surface area contributed by atoms with Crippen LogP contribution in [-0.4, -0.2) is 22.3 Å². The van der Waals surface area contributed by atoms with Crippen molar-refractivity contribution >= 4 is 46.4 Å². The molecule has 0 saturated heterocycles. The van der Waals surface area contributed by atoms with Crippen molar-refractivity contribution < 1.29 is 9.53 Å². The molecule has 1 amide bonds. The molecule has 0 fully saturated rings. The van der Waals surface area contributed by atoms with E-state index in [1.165, 1.54) is 0 Å². The maximum atomic E-state index is 12.3. The fraction of sp³-hybridized carbons (Fsp3) is 0.200. The number of aryl methyl sites for hydroxylation is 1. The Bertz CT molecular complexity index is 1020. The normalized spacial score (nSPS) is 10.8. The lowest BCUT2D eigenvalue weighted by Crippen LogP contribution is -2.21. The molecule has 0 unspecified atom stereocenters. The minimum absolute atomic E-state index is 0.156. The van der Waals surface area contributed by atoms with Gasteiger partial charge < -0.3 is 10.1 Å². The average molecular weight is 439 g/mol. The van der Waals surface area contributed by atoms with E-state index in [1.54, 1.807) is 41.1 Å². The summed E-state index contributed by atoms with van der Waals surface area (Å²) >= 11 is 18.2. The lowest BCUT2D eigenvalue weighted by Gasteiger charge is -2.10. The third kappa shape index (κ3) is 4.79. The zero-order valence-corrected chi connectivity index (χ0v) is 17.6. The second-order valence-electron chi connectivity index (χ2n) is 6.21. The minimum atomic E-state index is -0.296. The zero-order chi connectivity index (χ0) is 20.3. The SMILES string of the molecule is Cc1nn(Cc2ccc(Cl)cc2Cl)c(C)c1NC(=O)COc1ccccc1Cl. The van der Waals surface area contributed by atoms with Crippen LogP contribution in [0.5, 0.6) is 5.75 Å². The van der Waals surface area contributed by atoms with E-state index in [9.17, 15) is 4.79 Å². The summed E-state index contributed by atoms with van der Waals surface area (Å²) in [6, 6.07) is 12.3. The topological polar surface area (TPSA) is 56.2 Å². The summed E-state index contributed by atoms with van der Waals surface area (Å²) < 4.78 is 7.27. The van der Waals surface area contributed by atoms with Crippen molar-refractivity contribution in [1.82, 2.24) is 9.78 Å². The predicted molar refractivity (Wildman–Crippen MR) is 113 cm³/mol. The number of benzene rings is 2. The highest BCUT2D eigenvalue weighted by molar-refractivity contribution is 6.35. The zero-order valence-electron chi connectivity index (χ0n) is 15.3. The lowest BCUT2D eigenvalue weighted by atomic mass is 10.2. The number of aromatic nitrogens is 2. The van der Waals surface area contributed by atoms with Crippen LogP contribution in [0.25, 0.3) is 0 Å². The first-order valence-corrected chi connectivity index (χ1v) is 9.63. The number of nitrogens with zero attached hydrogens (tertiary/aromatic N) is 2. The minimum Gasteiger partial charge on any atom is -0.482 e. The number of ether oxygens (including phenoxy) is 1. The summed E-state index contributed by atoms with van der Waals surface area (Å²) in [5.74, 6) is 0.163. The number of nitrogens with one attached hydrogen (secondary N) is 1. The van der Waals surface area contributed by atoms with Crippen molar-refractivity contribution in [3.05, 3.63) is 74.5 Å². The molecule has 3 rings (SSSR count). The highest BCUT2D eigenvalue weighted by Crippen LogP contribution is 2.26. The van der Waals surface area contributed by atoms with Crippen LogP contribution in [0, 0.1) is 13.8 Å². The average Bonchev–Trinajstić information content (AvgIpc) is 2.91. The van der Waals surface area contributed by atoms with Crippen LogP contribution in [-0.2, 0) is 11.3 Å². The monoisotopic (exact) mass is 437 g/mol. The molecule has 0 radical (unpaired) electrons. The summed E-state index contributed by atoms with van der Waals surface area (Å²) in [5, 5.41) is 8.96. The molecule has 0 aliphatic rings. The molecule has 0 saturated carbocycles. The Morgan fingerprint density at radius 1 is 1.11 bits per heavy atom. The predicted octanol–water partition coefficient (Wildman–Crippen LogP) is 5.53. The van der Waals surface area contributed by atoms with E-state index in [-0.39, 0.29) is 12.5 Å². The lowest BCUT2D eigenvalue weighted by molar-refractivity contribution is -0.118. The number of amides is 1. The van der Waals surface area contributed by atoms with Crippen LogP contribution >= 0.6 is 34.8 Å². The molecular formula is C20H18Cl3N3O2. The van der Waals surface area contributed by atoms with E-state index in [1.807, 2.05) is 19.9 Å². The number of carbonyl (C=O) groups excluding carboxylic acids is 1. The summed E-state index contributed by atoms with van der Waals surface area (Å²) in [6.45, 7) is 4.03. The Balaban J connectivity index is 1.69. The maximum Gasteiger partial charge on any atom is 0.262 e. The molecule has 5 nitrogen and oxygen atoms in total. The third-order valence-corrected chi connectivity index (χ3v) is 5.08. The first-order valence-electron chi connectivity index (χ1n) is 8.50. The van der Waals surface area contributed by atoms with E-state index in [2.05, 4.69) is 10.4 Å².